The summed E-state index contributed by atoms with van der Waals surface area (Å²) in [6, 6.07) is 6.33. The highest BCUT2D eigenvalue weighted by molar-refractivity contribution is 5.80. The number of ether oxygens (including phenoxy) is 1. The van der Waals surface area contributed by atoms with Crippen molar-refractivity contribution in [2.24, 2.45) is 0 Å². The number of carbonyl (C=O) groups is 1. The van der Waals surface area contributed by atoms with Gasteiger partial charge in [-0.05, 0) is 30.7 Å². The average Bonchev–Trinajstić information content (AvgIpc) is 2.76. The number of halogens is 3. The minimum atomic E-state index is -5.01. The third kappa shape index (κ3) is 2.87. The van der Waals surface area contributed by atoms with E-state index in [1.54, 1.807) is 24.3 Å². The van der Waals surface area contributed by atoms with Crippen LogP contribution in [0, 0.1) is 0 Å². The molecule has 0 aliphatic carbocycles. The Balaban J connectivity index is 2.18. The van der Waals surface area contributed by atoms with E-state index in [-0.39, 0.29) is 17.1 Å². The maximum absolute atomic E-state index is 13.0. The number of rotatable bonds is 3. The molecule has 8 heteroatoms. The standard InChI is InChI=1S/C14H15F3N2O3/c1-9-8-13(21,14(15,16)17)19(18-9)12(20)7-10-3-5-11(22-2)6-4-10/h3-6,8,18,21H,7H2,1-2H3. The fourth-order valence-electron chi connectivity index (χ4n) is 2.12. The monoisotopic (exact) mass is 316 g/mol. The maximum Gasteiger partial charge on any atom is 0.442 e. The molecule has 2 rings (SSSR count). The molecule has 0 radical (unpaired) electrons. The van der Waals surface area contributed by atoms with Gasteiger partial charge in [-0.15, -0.1) is 0 Å². The second kappa shape index (κ2) is 5.53. The second-order valence-electron chi connectivity index (χ2n) is 4.92. The predicted octanol–water partition coefficient (Wildman–Crippen LogP) is 1.74. The Morgan fingerprint density at radius 3 is 2.45 bits per heavy atom. The first-order chi connectivity index (χ1) is 10.2. The van der Waals surface area contributed by atoms with E-state index in [9.17, 15) is 23.1 Å². The molecular formula is C14H15F3N2O3. The largest absolute Gasteiger partial charge is 0.497 e. The summed E-state index contributed by atoms with van der Waals surface area (Å²) in [6.07, 6.45) is -4.73. The van der Waals surface area contributed by atoms with Crippen LogP contribution >= 0.6 is 0 Å². The third-order valence-electron chi connectivity index (χ3n) is 3.23. The third-order valence-corrected chi connectivity index (χ3v) is 3.23. The van der Waals surface area contributed by atoms with E-state index in [0.29, 0.717) is 17.4 Å². The number of aliphatic hydroxyl groups is 1. The molecule has 120 valence electrons. The van der Waals surface area contributed by atoms with Crippen molar-refractivity contribution in [2.75, 3.05) is 7.11 Å². The average molecular weight is 316 g/mol. The highest BCUT2D eigenvalue weighted by atomic mass is 19.4. The van der Waals surface area contributed by atoms with Crippen molar-refractivity contribution in [3.05, 3.63) is 41.6 Å². The summed E-state index contributed by atoms with van der Waals surface area (Å²) in [5.74, 6) is -0.335. The van der Waals surface area contributed by atoms with Gasteiger partial charge in [0.25, 0.3) is 5.72 Å². The van der Waals surface area contributed by atoms with E-state index in [1.807, 2.05) is 0 Å². The lowest BCUT2D eigenvalue weighted by Gasteiger charge is -2.33. The molecule has 0 spiro atoms. The Hall–Kier alpha value is -2.22. The van der Waals surface area contributed by atoms with Gasteiger partial charge in [0.1, 0.15) is 5.75 Å². The van der Waals surface area contributed by atoms with E-state index in [4.69, 9.17) is 4.74 Å². The van der Waals surface area contributed by atoms with Crippen LogP contribution in [0.5, 0.6) is 5.75 Å². The first kappa shape index (κ1) is 16.2. The summed E-state index contributed by atoms with van der Waals surface area (Å²) in [6.45, 7) is 1.33. The van der Waals surface area contributed by atoms with Gasteiger partial charge in [-0.25, -0.2) is 5.01 Å². The van der Waals surface area contributed by atoms with E-state index < -0.39 is 17.8 Å². The van der Waals surface area contributed by atoms with E-state index in [1.165, 1.54) is 14.0 Å². The number of hydrogen-bond acceptors (Lipinski definition) is 4. The number of benzene rings is 1. The molecule has 1 heterocycles. The van der Waals surface area contributed by atoms with Crippen molar-refractivity contribution in [3.8, 4) is 5.75 Å². The number of allylic oxidation sites excluding steroid dienone is 1. The van der Waals surface area contributed by atoms with Gasteiger partial charge in [0.05, 0.1) is 13.5 Å². The highest BCUT2D eigenvalue weighted by Gasteiger charge is 2.61. The number of hydrazine groups is 1. The molecule has 2 N–H and O–H groups in total. The lowest BCUT2D eigenvalue weighted by atomic mass is 10.1. The van der Waals surface area contributed by atoms with Crippen LogP contribution in [0.3, 0.4) is 0 Å². The van der Waals surface area contributed by atoms with Gasteiger partial charge in [0.15, 0.2) is 0 Å². The lowest BCUT2D eigenvalue weighted by Crippen LogP contribution is -2.60. The lowest BCUT2D eigenvalue weighted by molar-refractivity contribution is -0.288. The minimum Gasteiger partial charge on any atom is -0.497 e. The molecule has 0 saturated heterocycles. The normalized spacial score (nSPS) is 21.4. The number of nitrogens with one attached hydrogen (secondary N) is 1. The molecule has 1 atom stereocenters. The summed E-state index contributed by atoms with van der Waals surface area (Å²) in [7, 11) is 1.48. The van der Waals surface area contributed by atoms with Gasteiger partial charge >= 0.3 is 6.18 Å². The van der Waals surface area contributed by atoms with Crippen LogP contribution in [-0.2, 0) is 11.2 Å². The molecule has 1 aliphatic heterocycles. The fourth-order valence-corrected chi connectivity index (χ4v) is 2.12. The molecule has 1 aromatic rings. The molecule has 0 aromatic heterocycles. The molecule has 0 saturated carbocycles. The minimum absolute atomic E-state index is 0.0444. The van der Waals surface area contributed by atoms with Crippen LogP contribution in [0.1, 0.15) is 12.5 Å². The first-order valence-corrected chi connectivity index (χ1v) is 6.38. The van der Waals surface area contributed by atoms with Crippen molar-refractivity contribution >= 4 is 5.91 Å². The number of nitrogens with zero attached hydrogens (tertiary/aromatic N) is 1. The van der Waals surface area contributed by atoms with Crippen molar-refractivity contribution < 1.29 is 27.8 Å². The SMILES string of the molecule is COc1ccc(CC(=O)N2NC(C)=CC2(O)C(F)(F)F)cc1. The van der Waals surface area contributed by atoms with Crippen LogP contribution in [0.15, 0.2) is 36.0 Å². The van der Waals surface area contributed by atoms with E-state index in [0.717, 1.165) is 0 Å². The maximum atomic E-state index is 13.0. The van der Waals surface area contributed by atoms with Crippen molar-refractivity contribution in [1.29, 1.82) is 0 Å². The molecule has 1 aromatic carbocycles. The van der Waals surface area contributed by atoms with Gasteiger partial charge in [-0.3, -0.25) is 10.2 Å². The highest BCUT2D eigenvalue weighted by Crippen LogP contribution is 2.37. The Morgan fingerprint density at radius 1 is 1.36 bits per heavy atom. The Bertz CT molecular complexity index is 598. The first-order valence-electron chi connectivity index (χ1n) is 6.38. The predicted molar refractivity (Wildman–Crippen MR) is 71.4 cm³/mol. The second-order valence-corrected chi connectivity index (χ2v) is 4.92. The van der Waals surface area contributed by atoms with Crippen LogP contribution in [-0.4, -0.2) is 35.0 Å². The molecule has 1 unspecified atom stereocenters. The zero-order chi connectivity index (χ0) is 16.5. The number of carbonyl (C=O) groups excluding carboxylic acids is 1. The van der Waals surface area contributed by atoms with Gasteiger partial charge in [-0.2, -0.15) is 13.2 Å². The van der Waals surface area contributed by atoms with Crippen LogP contribution in [0.2, 0.25) is 0 Å². The van der Waals surface area contributed by atoms with Crippen molar-refractivity contribution in [1.82, 2.24) is 10.4 Å². The van der Waals surface area contributed by atoms with Crippen LogP contribution < -0.4 is 10.2 Å². The van der Waals surface area contributed by atoms with Crippen LogP contribution in [0.4, 0.5) is 13.2 Å². The Labute approximate surface area is 125 Å². The molecule has 1 aliphatic rings. The molecule has 5 nitrogen and oxygen atoms in total. The number of alkyl halides is 3. The van der Waals surface area contributed by atoms with Gasteiger partial charge in [0.2, 0.25) is 5.91 Å². The van der Waals surface area contributed by atoms with Gasteiger partial charge < -0.3 is 9.84 Å². The quantitative estimate of drug-likeness (QED) is 0.892. The summed E-state index contributed by atoms with van der Waals surface area (Å²) >= 11 is 0. The molecule has 22 heavy (non-hydrogen) atoms. The van der Waals surface area contributed by atoms with Crippen molar-refractivity contribution in [3.63, 3.8) is 0 Å². The van der Waals surface area contributed by atoms with Crippen LogP contribution in [0.25, 0.3) is 0 Å². The molecule has 1 amide bonds. The smallest absolute Gasteiger partial charge is 0.442 e. The summed E-state index contributed by atoms with van der Waals surface area (Å²) in [4.78, 5) is 12.1. The molecular weight excluding hydrogens is 301 g/mol. The van der Waals surface area contributed by atoms with E-state index in [2.05, 4.69) is 5.43 Å². The number of methoxy groups -OCH3 is 1. The zero-order valence-electron chi connectivity index (χ0n) is 11.9. The van der Waals surface area contributed by atoms with E-state index >= 15 is 0 Å². The molecule has 0 bridgehead atoms. The topological polar surface area (TPSA) is 61.8 Å². The van der Waals surface area contributed by atoms with Gasteiger partial charge in [-0.1, -0.05) is 12.1 Å². The Kier molecular flexibility index (Phi) is 4.06. The number of amides is 1. The summed E-state index contributed by atoms with van der Waals surface area (Å²) in [5.41, 5.74) is -0.557. The Morgan fingerprint density at radius 2 is 1.95 bits per heavy atom. The fraction of sp³-hybridized carbons (Fsp3) is 0.357. The number of hydrogen-bond donors (Lipinski definition) is 2. The van der Waals surface area contributed by atoms with Gasteiger partial charge in [0, 0.05) is 5.70 Å². The zero-order valence-corrected chi connectivity index (χ0v) is 11.9. The summed E-state index contributed by atoms with van der Waals surface area (Å²) < 4.78 is 44.0. The van der Waals surface area contributed by atoms with Crippen molar-refractivity contribution in [2.45, 2.75) is 25.2 Å². The molecule has 0 fully saturated rings. The summed E-state index contributed by atoms with van der Waals surface area (Å²) in [5, 5.41) is 10.0.